The molecule has 0 amide bonds. The van der Waals surface area contributed by atoms with Gasteiger partial charge in [0.25, 0.3) is 0 Å². The third-order valence-corrected chi connectivity index (χ3v) is 5.06. The van der Waals surface area contributed by atoms with Gasteiger partial charge in [0.05, 0.1) is 11.3 Å². The fraction of sp³-hybridized carbons (Fsp3) is 0.0476. The molecule has 4 aromatic rings. The van der Waals surface area contributed by atoms with E-state index < -0.39 is 0 Å². The van der Waals surface area contributed by atoms with Crippen molar-refractivity contribution in [1.29, 1.82) is 5.26 Å². The van der Waals surface area contributed by atoms with Crippen LogP contribution in [0.2, 0.25) is 0 Å². The Morgan fingerprint density at radius 2 is 1.93 bits per heavy atom. The van der Waals surface area contributed by atoms with Gasteiger partial charge in [-0.2, -0.15) is 5.26 Å². The lowest BCUT2D eigenvalue weighted by molar-refractivity contribution is 0.103. The van der Waals surface area contributed by atoms with E-state index in [2.05, 4.69) is 16.0 Å². The number of hydrogen-bond donors (Lipinski definition) is 0. The highest BCUT2D eigenvalue weighted by molar-refractivity contribution is 7.13. The molecule has 0 saturated carbocycles. The van der Waals surface area contributed by atoms with Gasteiger partial charge in [0, 0.05) is 22.8 Å². The molecular weight excluding hydrogens is 356 g/mol. The van der Waals surface area contributed by atoms with Gasteiger partial charge in [-0.1, -0.05) is 42.5 Å². The van der Waals surface area contributed by atoms with Gasteiger partial charge in [-0.15, -0.1) is 11.3 Å². The van der Waals surface area contributed by atoms with E-state index in [0.29, 0.717) is 22.0 Å². The predicted octanol–water partition coefficient (Wildman–Crippen LogP) is 4.41. The fourth-order valence-electron chi connectivity index (χ4n) is 2.87. The normalized spacial score (nSPS) is 10.5. The average Bonchev–Trinajstić information content (AvgIpc) is 3.37. The zero-order valence-electron chi connectivity index (χ0n) is 14.5. The summed E-state index contributed by atoms with van der Waals surface area (Å²) in [6.45, 7) is 1.90. The third-order valence-electron chi connectivity index (χ3n) is 4.15. The van der Waals surface area contributed by atoms with Crippen molar-refractivity contribution >= 4 is 17.1 Å². The molecule has 0 saturated heterocycles. The lowest BCUT2D eigenvalue weighted by Crippen LogP contribution is -2.01. The van der Waals surface area contributed by atoms with E-state index in [0.717, 1.165) is 16.0 Å². The number of imidazole rings is 1. The van der Waals surface area contributed by atoms with Crippen molar-refractivity contribution in [3.8, 4) is 22.9 Å². The minimum absolute atomic E-state index is 0.218. The molecule has 2 aromatic carbocycles. The Hall–Kier alpha value is -3.56. The van der Waals surface area contributed by atoms with Crippen molar-refractivity contribution in [3.05, 3.63) is 88.4 Å². The number of aromatic nitrogens is 3. The van der Waals surface area contributed by atoms with Crippen molar-refractivity contribution in [1.82, 2.24) is 14.5 Å². The quantitative estimate of drug-likeness (QED) is 0.499. The van der Waals surface area contributed by atoms with Gasteiger partial charge in [0.1, 0.15) is 18.1 Å². The summed E-state index contributed by atoms with van der Waals surface area (Å²) in [5.41, 5.74) is 3.32. The first-order valence-corrected chi connectivity index (χ1v) is 9.09. The van der Waals surface area contributed by atoms with Crippen LogP contribution >= 0.6 is 11.3 Å². The van der Waals surface area contributed by atoms with Crippen LogP contribution in [-0.4, -0.2) is 20.3 Å². The Kier molecular flexibility index (Phi) is 4.37. The van der Waals surface area contributed by atoms with E-state index in [1.165, 1.54) is 11.3 Å². The first kappa shape index (κ1) is 16.9. The number of carbonyl (C=O) groups excluding carboxylic acids is 1. The van der Waals surface area contributed by atoms with Crippen molar-refractivity contribution < 1.29 is 4.79 Å². The molecule has 0 spiro atoms. The molecule has 0 fully saturated rings. The van der Waals surface area contributed by atoms with Crippen LogP contribution in [0.1, 0.15) is 25.9 Å². The predicted molar refractivity (Wildman–Crippen MR) is 104 cm³/mol. The van der Waals surface area contributed by atoms with Crippen molar-refractivity contribution in [2.75, 3.05) is 0 Å². The van der Waals surface area contributed by atoms with Crippen LogP contribution in [0.25, 0.3) is 16.8 Å². The van der Waals surface area contributed by atoms with E-state index in [1.54, 1.807) is 23.3 Å². The van der Waals surface area contributed by atoms with Crippen LogP contribution in [0.15, 0.2) is 67.3 Å². The second kappa shape index (κ2) is 6.98. The number of benzene rings is 2. The summed E-state index contributed by atoms with van der Waals surface area (Å²) in [5.74, 6) is -0.218. The Morgan fingerprint density at radius 3 is 2.63 bits per heavy atom. The summed E-state index contributed by atoms with van der Waals surface area (Å²) in [6, 6.07) is 17.7. The summed E-state index contributed by atoms with van der Waals surface area (Å²) < 4.78 is 1.71. The number of aryl methyl sites for hydroxylation is 1. The molecular formula is C21H14N4OS. The molecule has 0 aliphatic carbocycles. The lowest BCUT2D eigenvalue weighted by Gasteiger charge is -2.10. The van der Waals surface area contributed by atoms with Gasteiger partial charge >= 0.3 is 0 Å². The highest BCUT2D eigenvalue weighted by atomic mass is 32.1. The lowest BCUT2D eigenvalue weighted by atomic mass is 9.99. The maximum absolute atomic E-state index is 12.6. The second-order valence-electron chi connectivity index (χ2n) is 5.95. The molecule has 2 heterocycles. The molecule has 0 aliphatic rings. The van der Waals surface area contributed by atoms with Crippen molar-refractivity contribution in [2.45, 2.75) is 6.92 Å². The van der Waals surface area contributed by atoms with Gasteiger partial charge in [-0.3, -0.25) is 4.79 Å². The summed E-state index contributed by atoms with van der Waals surface area (Å²) >= 11 is 1.34. The molecule has 2 aromatic heterocycles. The maximum Gasteiger partial charge on any atom is 0.241 e. The number of rotatable bonds is 4. The highest BCUT2D eigenvalue weighted by Gasteiger charge is 2.18. The molecule has 6 heteroatoms. The van der Waals surface area contributed by atoms with Crippen LogP contribution in [0, 0.1) is 18.3 Å². The fourth-order valence-corrected chi connectivity index (χ4v) is 3.59. The summed E-state index contributed by atoms with van der Waals surface area (Å²) in [7, 11) is 0. The first-order chi connectivity index (χ1) is 13.2. The van der Waals surface area contributed by atoms with Crippen molar-refractivity contribution in [3.63, 3.8) is 0 Å². The summed E-state index contributed by atoms with van der Waals surface area (Å²) in [5, 5.41) is 10.2. The van der Waals surface area contributed by atoms with E-state index in [1.807, 2.05) is 55.5 Å². The molecule has 0 bridgehead atoms. The van der Waals surface area contributed by atoms with E-state index in [-0.39, 0.29) is 5.78 Å². The molecule has 0 N–H and O–H groups in total. The Morgan fingerprint density at radius 1 is 1.11 bits per heavy atom. The number of ketones is 1. The Bertz CT molecular complexity index is 1170. The third kappa shape index (κ3) is 3.16. The molecule has 4 rings (SSSR count). The first-order valence-electron chi connectivity index (χ1n) is 8.27. The van der Waals surface area contributed by atoms with Crippen LogP contribution in [0.4, 0.5) is 0 Å². The molecule has 27 heavy (non-hydrogen) atoms. The van der Waals surface area contributed by atoms with Crippen LogP contribution in [-0.2, 0) is 0 Å². The van der Waals surface area contributed by atoms with E-state index >= 15 is 0 Å². The van der Waals surface area contributed by atoms with Crippen molar-refractivity contribution in [2.24, 2.45) is 0 Å². The smallest absolute Gasteiger partial charge is 0.241 e. The van der Waals surface area contributed by atoms with Crippen LogP contribution in [0.5, 0.6) is 0 Å². The topological polar surface area (TPSA) is 71.6 Å². The minimum Gasteiger partial charge on any atom is -0.304 e. The van der Waals surface area contributed by atoms with E-state index in [4.69, 9.17) is 0 Å². The molecule has 130 valence electrons. The minimum atomic E-state index is -0.218. The summed E-state index contributed by atoms with van der Waals surface area (Å²) in [6.07, 6.45) is 4.87. The van der Waals surface area contributed by atoms with Gasteiger partial charge in [0.15, 0.2) is 5.01 Å². The Balaban J connectivity index is 1.76. The molecule has 0 atom stereocenters. The van der Waals surface area contributed by atoms with E-state index in [9.17, 15) is 10.1 Å². The molecule has 0 radical (unpaired) electrons. The number of thiazole rings is 1. The van der Waals surface area contributed by atoms with Crippen LogP contribution < -0.4 is 0 Å². The average molecular weight is 370 g/mol. The molecule has 5 nitrogen and oxygen atoms in total. The zero-order valence-corrected chi connectivity index (χ0v) is 15.3. The second-order valence-corrected chi connectivity index (χ2v) is 7.18. The largest absolute Gasteiger partial charge is 0.304 e. The van der Waals surface area contributed by atoms with Gasteiger partial charge in [-0.05, 0) is 18.6 Å². The van der Waals surface area contributed by atoms with Gasteiger partial charge in [0.2, 0.25) is 5.78 Å². The molecule has 0 aliphatic heterocycles. The standard InChI is InChI=1S/C21H14N4OS/c1-14-11-23-21(27-14)20(26)18-12-25(13-24-18)19-9-5-8-16(17(19)10-22)15-6-3-2-4-7-15/h2-9,11-13H,1H3. The Labute approximate surface area is 160 Å². The summed E-state index contributed by atoms with van der Waals surface area (Å²) in [4.78, 5) is 21.9. The molecule has 0 unspecified atom stereocenters. The monoisotopic (exact) mass is 370 g/mol. The van der Waals surface area contributed by atoms with Gasteiger partial charge < -0.3 is 4.57 Å². The number of nitrogens with zero attached hydrogens (tertiary/aromatic N) is 4. The SMILES string of the molecule is Cc1cnc(C(=O)c2cn(-c3cccc(-c4ccccc4)c3C#N)cn2)s1. The number of nitriles is 1. The zero-order chi connectivity index (χ0) is 18.8. The van der Waals surface area contributed by atoms with Crippen LogP contribution in [0.3, 0.4) is 0 Å². The highest BCUT2D eigenvalue weighted by Crippen LogP contribution is 2.28. The maximum atomic E-state index is 12.6. The number of hydrogen-bond acceptors (Lipinski definition) is 5. The van der Waals surface area contributed by atoms with Gasteiger partial charge in [-0.25, -0.2) is 9.97 Å². The number of carbonyl (C=O) groups is 1.